The van der Waals surface area contributed by atoms with Gasteiger partial charge in [0.1, 0.15) is 0 Å². The van der Waals surface area contributed by atoms with Gasteiger partial charge in [-0.3, -0.25) is 0 Å². The second-order valence-electron chi connectivity index (χ2n) is 4.91. The molecule has 0 radical (unpaired) electrons. The van der Waals surface area contributed by atoms with E-state index < -0.39 is 11.6 Å². The Hall–Kier alpha value is -0.440. The second-order valence-corrected chi connectivity index (χ2v) is 6.21. The fraction of sp³-hybridized carbons (Fsp3) is 0.571. The zero-order valence-electron chi connectivity index (χ0n) is 9.98. The number of aryl methyl sites for hydroxylation is 1. The van der Waals surface area contributed by atoms with Crippen LogP contribution in [0.5, 0.6) is 0 Å². The quantitative estimate of drug-likeness (QED) is 0.501. The SMILES string of the molecule is Cc1ccc(C2CCCCC(Br)C2)c(F)c1F. The Morgan fingerprint density at radius 3 is 2.59 bits per heavy atom. The number of alkyl halides is 1. The van der Waals surface area contributed by atoms with Crippen molar-refractivity contribution in [1.29, 1.82) is 0 Å². The van der Waals surface area contributed by atoms with Gasteiger partial charge in [-0.1, -0.05) is 40.9 Å². The third kappa shape index (κ3) is 2.87. The molecule has 1 aromatic carbocycles. The first kappa shape index (κ1) is 13.0. The summed E-state index contributed by atoms with van der Waals surface area (Å²) in [6, 6.07) is 3.44. The summed E-state index contributed by atoms with van der Waals surface area (Å²) < 4.78 is 27.5. The van der Waals surface area contributed by atoms with Crippen molar-refractivity contribution in [2.45, 2.75) is 49.8 Å². The van der Waals surface area contributed by atoms with Gasteiger partial charge in [-0.2, -0.15) is 0 Å². The third-order valence-corrected chi connectivity index (χ3v) is 4.44. The molecule has 1 fully saturated rings. The summed E-state index contributed by atoms with van der Waals surface area (Å²) >= 11 is 3.62. The Morgan fingerprint density at radius 1 is 1.12 bits per heavy atom. The third-order valence-electron chi connectivity index (χ3n) is 3.61. The highest BCUT2D eigenvalue weighted by Gasteiger charge is 2.24. The van der Waals surface area contributed by atoms with Gasteiger partial charge >= 0.3 is 0 Å². The Kier molecular flexibility index (Phi) is 4.18. The maximum Gasteiger partial charge on any atom is 0.162 e. The number of halogens is 3. The van der Waals surface area contributed by atoms with Crippen LogP contribution in [0, 0.1) is 18.6 Å². The fourth-order valence-corrected chi connectivity index (χ4v) is 3.33. The maximum atomic E-state index is 13.9. The molecule has 0 amide bonds. The highest BCUT2D eigenvalue weighted by Crippen LogP contribution is 2.36. The van der Waals surface area contributed by atoms with Gasteiger partial charge in [0.15, 0.2) is 11.6 Å². The summed E-state index contributed by atoms with van der Waals surface area (Å²) in [7, 11) is 0. The fourth-order valence-electron chi connectivity index (χ4n) is 2.56. The normalized spacial score (nSPS) is 25.6. The van der Waals surface area contributed by atoms with Crippen LogP contribution in [0.1, 0.15) is 49.1 Å². The van der Waals surface area contributed by atoms with E-state index in [0.29, 0.717) is 16.0 Å². The molecule has 2 rings (SSSR count). The minimum atomic E-state index is -0.683. The Morgan fingerprint density at radius 2 is 1.82 bits per heavy atom. The molecule has 0 N–H and O–H groups in total. The smallest absolute Gasteiger partial charge is 0.162 e. The molecule has 0 nitrogen and oxygen atoms in total. The van der Waals surface area contributed by atoms with E-state index in [1.54, 1.807) is 19.1 Å². The van der Waals surface area contributed by atoms with Crippen molar-refractivity contribution in [3.8, 4) is 0 Å². The van der Waals surface area contributed by atoms with Crippen LogP contribution in [0.3, 0.4) is 0 Å². The monoisotopic (exact) mass is 302 g/mol. The lowest BCUT2D eigenvalue weighted by Gasteiger charge is -2.18. The van der Waals surface area contributed by atoms with Crippen LogP contribution in [-0.2, 0) is 0 Å². The van der Waals surface area contributed by atoms with Gasteiger partial charge in [0.05, 0.1) is 0 Å². The topological polar surface area (TPSA) is 0 Å². The largest absolute Gasteiger partial charge is 0.203 e. The van der Waals surface area contributed by atoms with E-state index in [1.807, 2.05) is 0 Å². The van der Waals surface area contributed by atoms with Crippen molar-refractivity contribution in [2.24, 2.45) is 0 Å². The summed E-state index contributed by atoms with van der Waals surface area (Å²) in [4.78, 5) is 0.429. The molecular formula is C14H17BrF2. The van der Waals surface area contributed by atoms with Crippen molar-refractivity contribution >= 4 is 15.9 Å². The number of rotatable bonds is 1. The van der Waals surface area contributed by atoms with Crippen LogP contribution in [-0.4, -0.2) is 4.83 Å². The van der Waals surface area contributed by atoms with E-state index in [1.165, 1.54) is 6.42 Å². The van der Waals surface area contributed by atoms with E-state index in [4.69, 9.17) is 0 Å². The molecule has 3 heteroatoms. The first-order valence-electron chi connectivity index (χ1n) is 6.18. The van der Waals surface area contributed by atoms with E-state index in [-0.39, 0.29) is 5.92 Å². The molecule has 0 saturated heterocycles. The van der Waals surface area contributed by atoms with Gasteiger partial charge in [-0.25, -0.2) is 8.78 Å². The Bertz CT molecular complexity index is 403. The van der Waals surface area contributed by atoms with Crippen molar-refractivity contribution in [1.82, 2.24) is 0 Å². The Balaban J connectivity index is 2.29. The van der Waals surface area contributed by atoms with E-state index in [2.05, 4.69) is 15.9 Å². The first-order valence-corrected chi connectivity index (χ1v) is 7.09. The van der Waals surface area contributed by atoms with Crippen LogP contribution >= 0.6 is 15.9 Å². The molecule has 0 bridgehead atoms. The predicted molar refractivity (Wildman–Crippen MR) is 69.6 cm³/mol. The zero-order valence-corrected chi connectivity index (χ0v) is 11.6. The van der Waals surface area contributed by atoms with Crippen molar-refractivity contribution < 1.29 is 8.78 Å². The second kappa shape index (κ2) is 5.47. The van der Waals surface area contributed by atoms with Crippen LogP contribution < -0.4 is 0 Å². The molecule has 0 aromatic heterocycles. The molecule has 94 valence electrons. The molecule has 0 aliphatic heterocycles. The summed E-state index contributed by atoms with van der Waals surface area (Å²) in [6.45, 7) is 1.60. The number of hydrogen-bond donors (Lipinski definition) is 0. The van der Waals surface area contributed by atoms with Crippen LogP contribution in [0.4, 0.5) is 8.78 Å². The van der Waals surface area contributed by atoms with Gasteiger partial charge in [0.25, 0.3) is 0 Å². The Labute approximate surface area is 110 Å². The predicted octanol–water partition coefficient (Wildman–Crippen LogP) is 5.08. The van der Waals surface area contributed by atoms with E-state index >= 15 is 0 Å². The summed E-state index contributed by atoms with van der Waals surface area (Å²) in [6.07, 6.45) is 5.26. The van der Waals surface area contributed by atoms with E-state index in [0.717, 1.165) is 25.7 Å². The summed E-state index contributed by atoms with van der Waals surface area (Å²) in [5.74, 6) is -1.17. The van der Waals surface area contributed by atoms with E-state index in [9.17, 15) is 8.78 Å². The minimum Gasteiger partial charge on any atom is -0.203 e. The highest BCUT2D eigenvalue weighted by molar-refractivity contribution is 9.09. The van der Waals surface area contributed by atoms with Crippen molar-refractivity contribution in [3.05, 3.63) is 34.9 Å². The summed E-state index contributed by atoms with van der Waals surface area (Å²) in [5, 5.41) is 0. The average Bonchev–Trinajstić information content (AvgIpc) is 2.51. The molecule has 17 heavy (non-hydrogen) atoms. The van der Waals surface area contributed by atoms with Gasteiger partial charge in [-0.15, -0.1) is 0 Å². The molecule has 1 aliphatic carbocycles. The highest BCUT2D eigenvalue weighted by atomic mass is 79.9. The molecule has 1 aliphatic rings. The molecule has 1 saturated carbocycles. The van der Waals surface area contributed by atoms with Gasteiger partial charge in [0, 0.05) is 4.83 Å². The van der Waals surface area contributed by atoms with Crippen LogP contribution in [0.15, 0.2) is 12.1 Å². The van der Waals surface area contributed by atoms with Crippen molar-refractivity contribution in [3.63, 3.8) is 0 Å². The lowest BCUT2D eigenvalue weighted by molar-refractivity contribution is 0.472. The molecule has 0 spiro atoms. The average molecular weight is 303 g/mol. The lowest BCUT2D eigenvalue weighted by atomic mass is 9.90. The number of hydrogen-bond acceptors (Lipinski definition) is 0. The van der Waals surface area contributed by atoms with Crippen LogP contribution in [0.25, 0.3) is 0 Å². The standard InChI is InChI=1S/C14H17BrF2/c1-9-6-7-12(14(17)13(9)16)10-4-2-3-5-11(15)8-10/h6-7,10-11H,2-5,8H2,1H3. The lowest BCUT2D eigenvalue weighted by Crippen LogP contribution is -2.07. The van der Waals surface area contributed by atoms with Gasteiger partial charge in [-0.05, 0) is 43.2 Å². The molecule has 2 atom stereocenters. The minimum absolute atomic E-state index is 0.150. The van der Waals surface area contributed by atoms with Gasteiger partial charge in [0.2, 0.25) is 0 Å². The molecule has 1 aromatic rings. The first-order chi connectivity index (χ1) is 8.09. The number of benzene rings is 1. The molecular weight excluding hydrogens is 286 g/mol. The molecule has 0 heterocycles. The maximum absolute atomic E-state index is 13.9. The molecule has 2 unspecified atom stereocenters. The van der Waals surface area contributed by atoms with Crippen molar-refractivity contribution in [2.75, 3.05) is 0 Å². The van der Waals surface area contributed by atoms with Crippen LogP contribution in [0.2, 0.25) is 0 Å². The zero-order chi connectivity index (χ0) is 12.4. The van der Waals surface area contributed by atoms with Gasteiger partial charge < -0.3 is 0 Å². The summed E-state index contributed by atoms with van der Waals surface area (Å²) in [5.41, 5.74) is 0.940.